The van der Waals surface area contributed by atoms with E-state index < -0.39 is 13.3 Å². The summed E-state index contributed by atoms with van der Waals surface area (Å²) in [6.07, 6.45) is 0. The van der Waals surface area contributed by atoms with E-state index >= 15 is 0 Å². The highest BCUT2D eigenvalue weighted by Crippen LogP contribution is 2.43. The summed E-state index contributed by atoms with van der Waals surface area (Å²) >= 11 is 0. The van der Waals surface area contributed by atoms with Gasteiger partial charge in [-0.25, -0.2) is 9.36 Å². The molecule has 0 aliphatic heterocycles. The Hall–Kier alpha value is -0.380. The molecule has 0 saturated heterocycles. The lowest BCUT2D eigenvalue weighted by Gasteiger charge is -2.11. The lowest BCUT2D eigenvalue weighted by Crippen LogP contribution is -2.10. The molecule has 0 aliphatic carbocycles. The van der Waals surface area contributed by atoms with Crippen molar-refractivity contribution >= 4 is 13.3 Å². The largest absolute Gasteiger partial charge is 0.456 e. The fourth-order valence-corrected chi connectivity index (χ4v) is 1.24. The third-order valence-corrected chi connectivity index (χ3v) is 2.27. The molecule has 0 rings (SSSR count). The highest BCUT2D eigenvalue weighted by atomic mass is 31.2. The molecular formula is C7H15O5P. The van der Waals surface area contributed by atoms with Crippen LogP contribution in [-0.4, -0.2) is 23.8 Å². The van der Waals surface area contributed by atoms with Gasteiger partial charge < -0.3 is 14.2 Å². The van der Waals surface area contributed by atoms with Crippen molar-refractivity contribution in [1.29, 1.82) is 0 Å². The van der Waals surface area contributed by atoms with Crippen LogP contribution in [0.3, 0.4) is 0 Å². The van der Waals surface area contributed by atoms with Crippen LogP contribution in [0.2, 0.25) is 0 Å². The monoisotopic (exact) mass is 210 g/mol. The molecule has 0 aliphatic rings. The van der Waals surface area contributed by atoms with Gasteiger partial charge in [-0.2, -0.15) is 0 Å². The van der Waals surface area contributed by atoms with Crippen LogP contribution in [0.5, 0.6) is 0 Å². The molecule has 0 amide bonds. The predicted octanol–water partition coefficient (Wildman–Crippen LogP) is 2.00. The van der Waals surface area contributed by atoms with E-state index in [-0.39, 0.29) is 19.1 Å². The van der Waals surface area contributed by atoms with Gasteiger partial charge in [0.1, 0.15) is 0 Å². The second kappa shape index (κ2) is 5.37. The molecule has 1 unspecified atom stereocenters. The van der Waals surface area contributed by atoms with Gasteiger partial charge in [-0.1, -0.05) is 13.8 Å². The Morgan fingerprint density at radius 3 is 2.46 bits per heavy atom. The minimum Gasteiger partial charge on any atom is -0.456 e. The van der Waals surface area contributed by atoms with Gasteiger partial charge in [0.05, 0.1) is 13.2 Å². The van der Waals surface area contributed by atoms with Crippen molar-refractivity contribution in [2.24, 2.45) is 5.92 Å². The van der Waals surface area contributed by atoms with E-state index in [0.29, 0.717) is 0 Å². The predicted molar refractivity (Wildman–Crippen MR) is 47.6 cm³/mol. The Bertz CT molecular complexity index is 213. The van der Waals surface area contributed by atoms with Gasteiger partial charge in [-0.05, 0) is 12.8 Å². The summed E-state index contributed by atoms with van der Waals surface area (Å²) in [7, 11) is -4.20. The summed E-state index contributed by atoms with van der Waals surface area (Å²) in [6.45, 7) is 5.31. The van der Waals surface area contributed by atoms with Crippen molar-refractivity contribution < 1.29 is 23.5 Å². The van der Waals surface area contributed by atoms with Crippen LogP contribution < -0.4 is 0 Å². The Kier molecular flexibility index (Phi) is 5.21. The van der Waals surface area contributed by atoms with E-state index in [9.17, 15) is 9.36 Å². The minimum absolute atomic E-state index is 0.00452. The molecule has 0 saturated carbocycles. The minimum atomic E-state index is -4.20. The zero-order chi connectivity index (χ0) is 10.5. The standard InChI is InChI=1S/C7H15O5P/c1-4-12-13(9,10)7(8)11-5-6(2)3/h6H,4-5H2,1-3H3,(H,9,10). The van der Waals surface area contributed by atoms with Crippen molar-refractivity contribution in [1.82, 2.24) is 0 Å². The lowest BCUT2D eigenvalue weighted by molar-refractivity contribution is 0.144. The fraction of sp³-hybridized carbons (Fsp3) is 0.857. The van der Waals surface area contributed by atoms with Gasteiger partial charge in [-0.15, -0.1) is 0 Å². The molecule has 0 fully saturated rings. The Labute approximate surface area is 77.6 Å². The quantitative estimate of drug-likeness (QED) is 0.702. The zero-order valence-electron chi connectivity index (χ0n) is 8.02. The van der Waals surface area contributed by atoms with Crippen LogP contribution in [0.25, 0.3) is 0 Å². The normalized spacial score (nSPS) is 15.5. The molecule has 0 radical (unpaired) electrons. The van der Waals surface area contributed by atoms with E-state index in [1.165, 1.54) is 6.92 Å². The Morgan fingerprint density at radius 2 is 2.08 bits per heavy atom. The summed E-state index contributed by atoms with van der Waals surface area (Å²) in [4.78, 5) is 19.9. The smallest absolute Gasteiger partial charge is 0.435 e. The van der Waals surface area contributed by atoms with E-state index in [1.54, 1.807) is 0 Å². The number of hydrogen-bond acceptors (Lipinski definition) is 4. The summed E-state index contributed by atoms with van der Waals surface area (Å²) < 4.78 is 19.9. The first kappa shape index (κ1) is 12.6. The van der Waals surface area contributed by atoms with Gasteiger partial charge in [0.2, 0.25) is 0 Å². The topological polar surface area (TPSA) is 72.8 Å². The third kappa shape index (κ3) is 5.03. The number of carbonyl (C=O) groups is 1. The molecular weight excluding hydrogens is 195 g/mol. The van der Waals surface area contributed by atoms with Crippen molar-refractivity contribution in [2.45, 2.75) is 20.8 Å². The second-order valence-corrected chi connectivity index (χ2v) is 4.57. The molecule has 0 spiro atoms. The van der Waals surface area contributed by atoms with E-state index in [0.717, 1.165) is 0 Å². The van der Waals surface area contributed by atoms with Crippen LogP contribution in [0.15, 0.2) is 0 Å². The SMILES string of the molecule is CCOP(=O)(O)C(=O)OCC(C)C. The molecule has 0 bridgehead atoms. The first-order valence-electron chi connectivity index (χ1n) is 4.04. The summed E-state index contributed by atoms with van der Waals surface area (Å²) in [5.74, 6) is 0.130. The molecule has 1 atom stereocenters. The molecule has 0 aromatic heterocycles. The molecule has 6 heteroatoms. The van der Waals surface area contributed by atoms with Crippen LogP contribution in [0.1, 0.15) is 20.8 Å². The first-order valence-corrected chi connectivity index (χ1v) is 5.62. The number of hydrogen-bond donors (Lipinski definition) is 1. The van der Waals surface area contributed by atoms with Gasteiger partial charge in [0.15, 0.2) is 0 Å². The Morgan fingerprint density at radius 1 is 1.54 bits per heavy atom. The molecule has 0 aromatic rings. The molecule has 5 nitrogen and oxygen atoms in total. The van der Waals surface area contributed by atoms with Gasteiger partial charge in [0.25, 0.3) is 0 Å². The second-order valence-electron chi connectivity index (χ2n) is 2.91. The van der Waals surface area contributed by atoms with E-state index in [1.807, 2.05) is 13.8 Å². The first-order chi connectivity index (χ1) is 5.90. The molecule has 0 aromatic carbocycles. The van der Waals surface area contributed by atoms with Gasteiger partial charge in [-0.3, -0.25) is 0 Å². The van der Waals surface area contributed by atoms with Crippen molar-refractivity contribution in [3.05, 3.63) is 0 Å². The van der Waals surface area contributed by atoms with Crippen molar-refractivity contribution in [3.63, 3.8) is 0 Å². The van der Waals surface area contributed by atoms with Crippen LogP contribution in [0.4, 0.5) is 4.79 Å². The number of ether oxygens (including phenoxy) is 1. The summed E-state index contributed by atoms with van der Waals surface area (Å²) in [6, 6.07) is 0. The highest BCUT2D eigenvalue weighted by molar-refractivity contribution is 7.70. The van der Waals surface area contributed by atoms with Gasteiger partial charge >= 0.3 is 13.3 Å². The molecule has 0 heterocycles. The average Bonchev–Trinajstić information content (AvgIpc) is 1.99. The maximum Gasteiger partial charge on any atom is 0.435 e. The van der Waals surface area contributed by atoms with E-state index in [4.69, 9.17) is 4.89 Å². The van der Waals surface area contributed by atoms with Crippen LogP contribution >= 0.6 is 7.60 Å². The maximum absolute atomic E-state index is 11.0. The zero-order valence-corrected chi connectivity index (χ0v) is 8.91. The maximum atomic E-state index is 11.0. The molecule has 78 valence electrons. The van der Waals surface area contributed by atoms with Crippen molar-refractivity contribution in [2.75, 3.05) is 13.2 Å². The molecule has 1 N–H and O–H groups in total. The highest BCUT2D eigenvalue weighted by Gasteiger charge is 2.32. The van der Waals surface area contributed by atoms with Crippen LogP contribution in [0, 0.1) is 5.92 Å². The third-order valence-electron chi connectivity index (χ3n) is 1.07. The van der Waals surface area contributed by atoms with Crippen LogP contribution in [-0.2, 0) is 13.8 Å². The summed E-state index contributed by atoms with van der Waals surface area (Å²) in [5.41, 5.74) is -1.18. The summed E-state index contributed by atoms with van der Waals surface area (Å²) in [5, 5.41) is 0. The van der Waals surface area contributed by atoms with E-state index in [2.05, 4.69) is 9.26 Å². The number of rotatable bonds is 5. The van der Waals surface area contributed by atoms with Gasteiger partial charge in [0, 0.05) is 0 Å². The Balaban J connectivity index is 4.02. The number of carbonyl (C=O) groups excluding carboxylic acids is 1. The fourth-order valence-electron chi connectivity index (χ4n) is 0.547. The van der Waals surface area contributed by atoms with Crippen molar-refractivity contribution in [3.8, 4) is 0 Å². The lowest BCUT2D eigenvalue weighted by atomic mass is 10.2. The average molecular weight is 210 g/mol. The molecule has 13 heavy (non-hydrogen) atoms.